The van der Waals surface area contributed by atoms with Crippen molar-refractivity contribution in [2.45, 2.75) is 39.2 Å². The monoisotopic (exact) mass is 395 g/mol. The zero-order valence-corrected chi connectivity index (χ0v) is 18.1. The lowest BCUT2D eigenvalue weighted by Crippen LogP contribution is -2.43. The molecule has 1 amide bonds. The maximum absolute atomic E-state index is 12.9. The van der Waals surface area contributed by atoms with Crippen molar-refractivity contribution in [1.82, 2.24) is 20.2 Å². The average Bonchev–Trinajstić information content (AvgIpc) is 2.73. The van der Waals surface area contributed by atoms with Gasteiger partial charge in [-0.05, 0) is 45.3 Å². The van der Waals surface area contributed by atoms with Crippen LogP contribution >= 0.6 is 0 Å². The summed E-state index contributed by atoms with van der Waals surface area (Å²) in [5, 5.41) is 3.04. The minimum atomic E-state index is -0.0972. The van der Waals surface area contributed by atoms with Gasteiger partial charge in [-0.25, -0.2) is 9.97 Å². The van der Waals surface area contributed by atoms with E-state index in [0.717, 1.165) is 43.7 Å². The van der Waals surface area contributed by atoms with Crippen molar-refractivity contribution in [3.8, 4) is 11.4 Å². The molecule has 29 heavy (non-hydrogen) atoms. The Morgan fingerprint density at radius 3 is 2.59 bits per heavy atom. The molecular weight excluding hydrogens is 362 g/mol. The minimum Gasteiger partial charge on any atom is -0.356 e. The first-order valence-corrected chi connectivity index (χ1v) is 10.6. The normalized spacial score (nSPS) is 15.5. The highest BCUT2D eigenvalue weighted by atomic mass is 16.1. The van der Waals surface area contributed by atoms with Crippen LogP contribution < -0.4 is 10.2 Å². The third-order valence-corrected chi connectivity index (χ3v) is 5.62. The van der Waals surface area contributed by atoms with Crippen LogP contribution in [0.15, 0.2) is 36.5 Å². The van der Waals surface area contributed by atoms with Crippen LogP contribution in [0, 0.1) is 5.92 Å². The fourth-order valence-corrected chi connectivity index (χ4v) is 3.65. The molecule has 1 aromatic heterocycles. The number of hydrogen-bond acceptors (Lipinski definition) is 5. The summed E-state index contributed by atoms with van der Waals surface area (Å²) in [6.45, 7) is 7.09. The van der Waals surface area contributed by atoms with Crippen molar-refractivity contribution in [2.75, 3.05) is 38.6 Å². The second-order valence-corrected chi connectivity index (χ2v) is 8.38. The number of nitrogens with zero attached hydrogens (tertiary/aromatic N) is 4. The maximum Gasteiger partial charge on any atom is 0.256 e. The third-order valence-electron chi connectivity index (χ3n) is 5.62. The van der Waals surface area contributed by atoms with Gasteiger partial charge in [0.25, 0.3) is 5.91 Å². The minimum absolute atomic E-state index is 0.0972. The lowest BCUT2D eigenvalue weighted by molar-refractivity contribution is 0.0951. The van der Waals surface area contributed by atoms with Crippen molar-refractivity contribution < 1.29 is 4.79 Å². The molecule has 1 saturated heterocycles. The van der Waals surface area contributed by atoms with Gasteiger partial charge in [0, 0.05) is 31.4 Å². The second-order valence-electron chi connectivity index (χ2n) is 8.38. The van der Waals surface area contributed by atoms with E-state index in [-0.39, 0.29) is 5.91 Å². The third kappa shape index (κ3) is 5.54. The van der Waals surface area contributed by atoms with E-state index < -0.39 is 0 Å². The van der Waals surface area contributed by atoms with E-state index in [9.17, 15) is 4.79 Å². The first-order valence-electron chi connectivity index (χ1n) is 10.6. The van der Waals surface area contributed by atoms with Gasteiger partial charge in [-0.2, -0.15) is 0 Å². The van der Waals surface area contributed by atoms with E-state index in [1.54, 1.807) is 6.20 Å². The molecule has 0 spiro atoms. The molecule has 1 aliphatic heterocycles. The fourth-order valence-electron chi connectivity index (χ4n) is 3.65. The Balaban J connectivity index is 1.89. The van der Waals surface area contributed by atoms with Crippen LogP contribution in [-0.2, 0) is 0 Å². The zero-order chi connectivity index (χ0) is 20.8. The fraction of sp³-hybridized carbons (Fsp3) is 0.522. The number of anilines is 1. The van der Waals surface area contributed by atoms with Gasteiger partial charge in [-0.15, -0.1) is 0 Å². The molecule has 1 N–H and O–H groups in total. The molecule has 2 heterocycles. The van der Waals surface area contributed by atoms with E-state index in [0.29, 0.717) is 29.9 Å². The maximum atomic E-state index is 12.9. The largest absolute Gasteiger partial charge is 0.356 e. The Hall–Kier alpha value is -2.47. The van der Waals surface area contributed by atoms with Gasteiger partial charge >= 0.3 is 0 Å². The number of piperidine rings is 1. The molecule has 1 aromatic carbocycles. The summed E-state index contributed by atoms with van der Waals surface area (Å²) in [4.78, 5) is 26.8. The van der Waals surface area contributed by atoms with Crippen LogP contribution in [-0.4, -0.2) is 60.5 Å². The number of benzene rings is 1. The predicted octanol–water partition coefficient (Wildman–Crippen LogP) is 3.45. The highest BCUT2D eigenvalue weighted by molar-refractivity contribution is 5.98. The summed E-state index contributed by atoms with van der Waals surface area (Å²) in [6.07, 6.45) is 4.76. The number of nitrogens with one attached hydrogen (secondary N) is 1. The molecule has 0 saturated carbocycles. The summed E-state index contributed by atoms with van der Waals surface area (Å²) < 4.78 is 0. The first kappa shape index (κ1) is 21.2. The van der Waals surface area contributed by atoms with Gasteiger partial charge in [0.05, 0.1) is 0 Å². The highest BCUT2D eigenvalue weighted by Gasteiger charge is 2.26. The van der Waals surface area contributed by atoms with Gasteiger partial charge in [0.15, 0.2) is 5.82 Å². The van der Waals surface area contributed by atoms with Crippen LogP contribution in [0.5, 0.6) is 0 Å². The quantitative estimate of drug-likeness (QED) is 0.778. The van der Waals surface area contributed by atoms with E-state index in [1.165, 1.54) is 0 Å². The number of likely N-dealkylation sites (tertiary alicyclic amines) is 1. The van der Waals surface area contributed by atoms with E-state index in [2.05, 4.69) is 48.0 Å². The van der Waals surface area contributed by atoms with Gasteiger partial charge in [-0.3, -0.25) is 4.79 Å². The number of hydrogen-bond donors (Lipinski definition) is 1. The van der Waals surface area contributed by atoms with Crippen LogP contribution in [0.3, 0.4) is 0 Å². The Bertz CT molecular complexity index is 800. The molecule has 0 aliphatic carbocycles. The Morgan fingerprint density at radius 1 is 1.24 bits per heavy atom. The standard InChI is InChI=1S/C23H33N5O/c1-17(2)10-13-24-23(29)20-16-25-21(18-8-6-5-7-9-18)26-22(20)28(4)19-11-14-27(3)15-12-19/h5-9,16-17,19H,10-15H2,1-4H3,(H,24,29). The van der Waals surface area contributed by atoms with Crippen molar-refractivity contribution in [3.63, 3.8) is 0 Å². The molecule has 0 unspecified atom stereocenters. The lowest BCUT2D eigenvalue weighted by Gasteiger charge is -2.36. The molecule has 2 aromatic rings. The van der Waals surface area contributed by atoms with E-state index in [1.807, 2.05) is 30.3 Å². The van der Waals surface area contributed by atoms with Crippen LogP contribution in [0.1, 0.15) is 43.5 Å². The number of rotatable bonds is 7. The molecule has 6 heteroatoms. The smallest absolute Gasteiger partial charge is 0.256 e. The number of amides is 1. The summed E-state index contributed by atoms with van der Waals surface area (Å²) in [5.74, 6) is 1.82. The van der Waals surface area contributed by atoms with Gasteiger partial charge in [0.2, 0.25) is 0 Å². The molecule has 0 bridgehead atoms. The highest BCUT2D eigenvalue weighted by Crippen LogP contribution is 2.26. The molecule has 0 atom stereocenters. The van der Waals surface area contributed by atoms with E-state index in [4.69, 9.17) is 4.98 Å². The summed E-state index contributed by atoms with van der Waals surface area (Å²) in [7, 11) is 4.21. The Morgan fingerprint density at radius 2 is 1.93 bits per heavy atom. The molecule has 3 rings (SSSR count). The van der Waals surface area contributed by atoms with Crippen LogP contribution in [0.4, 0.5) is 5.82 Å². The predicted molar refractivity (Wildman–Crippen MR) is 118 cm³/mol. The lowest BCUT2D eigenvalue weighted by atomic mass is 10.0. The van der Waals surface area contributed by atoms with Crippen LogP contribution in [0.25, 0.3) is 11.4 Å². The van der Waals surface area contributed by atoms with Gasteiger partial charge in [-0.1, -0.05) is 44.2 Å². The average molecular weight is 396 g/mol. The van der Waals surface area contributed by atoms with Gasteiger partial charge in [0.1, 0.15) is 11.4 Å². The summed E-state index contributed by atoms with van der Waals surface area (Å²) in [5.41, 5.74) is 1.51. The van der Waals surface area contributed by atoms with Crippen molar-refractivity contribution in [1.29, 1.82) is 0 Å². The Kier molecular flexibility index (Phi) is 7.20. The second kappa shape index (κ2) is 9.83. The number of carbonyl (C=O) groups excluding carboxylic acids is 1. The molecule has 6 nitrogen and oxygen atoms in total. The molecule has 156 valence electrons. The van der Waals surface area contributed by atoms with Crippen molar-refractivity contribution in [2.24, 2.45) is 5.92 Å². The topological polar surface area (TPSA) is 61.4 Å². The Labute approximate surface area is 174 Å². The summed E-state index contributed by atoms with van der Waals surface area (Å²) in [6, 6.07) is 10.3. The zero-order valence-electron chi connectivity index (χ0n) is 18.1. The molecule has 1 fully saturated rings. The first-order chi connectivity index (χ1) is 14.0. The number of aromatic nitrogens is 2. The number of carbonyl (C=O) groups is 1. The van der Waals surface area contributed by atoms with Crippen molar-refractivity contribution >= 4 is 11.7 Å². The molecule has 1 aliphatic rings. The molecule has 0 radical (unpaired) electrons. The SMILES string of the molecule is CC(C)CCNC(=O)c1cnc(-c2ccccc2)nc1N(C)C1CCN(C)CC1. The van der Waals surface area contributed by atoms with Crippen molar-refractivity contribution in [3.05, 3.63) is 42.1 Å². The van der Waals surface area contributed by atoms with Crippen LogP contribution in [0.2, 0.25) is 0 Å². The van der Waals surface area contributed by atoms with Gasteiger partial charge < -0.3 is 15.1 Å². The van der Waals surface area contributed by atoms with E-state index >= 15 is 0 Å². The summed E-state index contributed by atoms with van der Waals surface area (Å²) >= 11 is 0. The molecular formula is C23H33N5O.